The second kappa shape index (κ2) is 5.40. The molecule has 1 aromatic carbocycles. The fourth-order valence-corrected chi connectivity index (χ4v) is 1.80. The zero-order valence-electron chi connectivity index (χ0n) is 10.3. The molecule has 18 heavy (non-hydrogen) atoms. The van der Waals surface area contributed by atoms with Crippen LogP contribution in [0.3, 0.4) is 0 Å². The molecule has 2 aromatic rings. The molecule has 0 aliphatic carbocycles. The Hall–Kier alpha value is -2.23. The van der Waals surface area contributed by atoms with E-state index in [1.54, 1.807) is 13.0 Å². The Labute approximate surface area is 106 Å². The van der Waals surface area contributed by atoms with E-state index in [1.165, 1.54) is 0 Å². The number of carbonyl (C=O) groups excluding carboxylic acids is 1. The van der Waals surface area contributed by atoms with Gasteiger partial charge in [-0.05, 0) is 30.7 Å². The molecule has 94 valence electrons. The highest BCUT2D eigenvalue weighted by molar-refractivity contribution is 5.87. The summed E-state index contributed by atoms with van der Waals surface area (Å²) in [6, 6.07) is 11.2. The second-order valence-electron chi connectivity index (χ2n) is 3.94. The van der Waals surface area contributed by atoms with E-state index >= 15 is 0 Å². The van der Waals surface area contributed by atoms with Gasteiger partial charge in [0.2, 0.25) is 0 Å². The third-order valence-electron chi connectivity index (χ3n) is 2.71. The van der Waals surface area contributed by atoms with Crippen molar-refractivity contribution in [2.45, 2.75) is 13.5 Å². The van der Waals surface area contributed by atoms with Gasteiger partial charge in [0.25, 0.3) is 0 Å². The lowest BCUT2D eigenvalue weighted by molar-refractivity contribution is 0.0514. The lowest BCUT2D eigenvalue weighted by Gasteiger charge is -2.10. The summed E-state index contributed by atoms with van der Waals surface area (Å²) in [7, 11) is 0. The molecule has 0 saturated carbocycles. The normalized spacial score (nSPS) is 10.3. The molecule has 1 aromatic heterocycles. The largest absolute Gasteiger partial charge is 0.461 e. The van der Waals surface area contributed by atoms with Gasteiger partial charge in [0.05, 0.1) is 6.61 Å². The van der Waals surface area contributed by atoms with Crippen molar-refractivity contribution >= 4 is 11.7 Å². The minimum Gasteiger partial charge on any atom is -0.461 e. The molecule has 1 heterocycles. The number of benzene rings is 1. The average molecular weight is 244 g/mol. The molecular formula is C14H16N2O2. The quantitative estimate of drug-likeness (QED) is 0.663. The number of hydrogen-bond acceptors (Lipinski definition) is 3. The lowest BCUT2D eigenvalue weighted by Crippen LogP contribution is -2.13. The molecule has 2 N–H and O–H groups in total. The van der Waals surface area contributed by atoms with Crippen molar-refractivity contribution in [1.29, 1.82) is 0 Å². The first-order chi connectivity index (χ1) is 8.72. The van der Waals surface area contributed by atoms with Gasteiger partial charge >= 0.3 is 5.97 Å². The summed E-state index contributed by atoms with van der Waals surface area (Å²) in [5.41, 5.74) is 8.14. The zero-order chi connectivity index (χ0) is 13.0. The Balaban J connectivity index is 2.23. The predicted octanol–water partition coefficient (Wildman–Crippen LogP) is 2.30. The van der Waals surface area contributed by atoms with Gasteiger partial charge in [-0.3, -0.25) is 0 Å². The fraction of sp³-hybridized carbons (Fsp3) is 0.214. The molecule has 4 heteroatoms. The molecule has 0 saturated heterocycles. The summed E-state index contributed by atoms with van der Waals surface area (Å²) in [5, 5.41) is 0. The van der Waals surface area contributed by atoms with Gasteiger partial charge in [-0.1, -0.05) is 18.2 Å². The van der Waals surface area contributed by atoms with E-state index in [0.29, 0.717) is 18.8 Å². The summed E-state index contributed by atoms with van der Waals surface area (Å²) >= 11 is 0. The predicted molar refractivity (Wildman–Crippen MR) is 70.3 cm³/mol. The van der Waals surface area contributed by atoms with Crippen LogP contribution in [-0.4, -0.2) is 17.1 Å². The van der Waals surface area contributed by atoms with Crippen LogP contribution in [0.1, 0.15) is 23.0 Å². The number of aromatic nitrogens is 1. The van der Waals surface area contributed by atoms with E-state index in [4.69, 9.17) is 10.5 Å². The molecule has 0 radical (unpaired) electrons. The Bertz CT molecular complexity index is 546. The van der Waals surface area contributed by atoms with Crippen LogP contribution in [-0.2, 0) is 11.3 Å². The average Bonchev–Trinajstić information content (AvgIpc) is 2.81. The van der Waals surface area contributed by atoms with Crippen LogP contribution in [0.25, 0.3) is 0 Å². The molecule has 0 aliphatic heterocycles. The summed E-state index contributed by atoms with van der Waals surface area (Å²) in [6.07, 6.45) is 1.85. The lowest BCUT2D eigenvalue weighted by atomic mass is 10.2. The number of nitrogens with two attached hydrogens (primary N) is 1. The minimum absolute atomic E-state index is 0.308. The highest BCUT2D eigenvalue weighted by Crippen LogP contribution is 2.14. The molecule has 0 unspecified atom stereocenters. The number of carbonyl (C=O) groups is 1. The first-order valence-electron chi connectivity index (χ1n) is 5.88. The van der Waals surface area contributed by atoms with Gasteiger partial charge in [-0.15, -0.1) is 0 Å². The molecule has 2 rings (SSSR count). The Morgan fingerprint density at radius 2 is 2.06 bits per heavy atom. The van der Waals surface area contributed by atoms with Crippen LogP contribution >= 0.6 is 0 Å². The number of ether oxygens (including phenoxy) is 1. The standard InChI is InChI=1S/C14H16N2O2/c1-2-18-14(17)13-8-5-9-16(13)10-11-6-3-4-7-12(11)15/h3-9H,2,10,15H2,1H3. The third kappa shape index (κ3) is 2.53. The Morgan fingerprint density at radius 3 is 2.78 bits per heavy atom. The van der Waals surface area contributed by atoms with Crippen LogP contribution in [0.5, 0.6) is 0 Å². The molecular weight excluding hydrogens is 228 g/mol. The van der Waals surface area contributed by atoms with Crippen molar-refractivity contribution in [3.63, 3.8) is 0 Å². The second-order valence-corrected chi connectivity index (χ2v) is 3.94. The van der Waals surface area contributed by atoms with Crippen LogP contribution in [0.2, 0.25) is 0 Å². The monoisotopic (exact) mass is 244 g/mol. The van der Waals surface area contributed by atoms with E-state index in [1.807, 2.05) is 41.1 Å². The molecule has 0 fully saturated rings. The topological polar surface area (TPSA) is 57.2 Å². The number of esters is 1. The van der Waals surface area contributed by atoms with Crippen LogP contribution < -0.4 is 5.73 Å². The minimum atomic E-state index is -0.308. The molecule has 0 bridgehead atoms. The first kappa shape index (κ1) is 12.2. The number of anilines is 1. The van der Waals surface area contributed by atoms with Crippen LogP contribution in [0, 0.1) is 0 Å². The summed E-state index contributed by atoms with van der Waals surface area (Å²) < 4.78 is 6.84. The number of hydrogen-bond donors (Lipinski definition) is 1. The molecule has 0 amide bonds. The Morgan fingerprint density at radius 1 is 1.28 bits per heavy atom. The summed E-state index contributed by atoms with van der Waals surface area (Å²) in [6.45, 7) is 2.73. The van der Waals surface area contributed by atoms with E-state index in [-0.39, 0.29) is 5.97 Å². The first-order valence-corrected chi connectivity index (χ1v) is 5.88. The maximum absolute atomic E-state index is 11.7. The van der Waals surface area contributed by atoms with E-state index in [9.17, 15) is 4.79 Å². The number of rotatable bonds is 4. The maximum Gasteiger partial charge on any atom is 0.354 e. The highest BCUT2D eigenvalue weighted by Gasteiger charge is 2.12. The van der Waals surface area contributed by atoms with Crippen LogP contribution in [0.15, 0.2) is 42.6 Å². The van der Waals surface area contributed by atoms with Crippen LogP contribution in [0.4, 0.5) is 5.69 Å². The van der Waals surface area contributed by atoms with E-state index in [0.717, 1.165) is 11.3 Å². The fourth-order valence-electron chi connectivity index (χ4n) is 1.80. The number of para-hydroxylation sites is 1. The molecule has 0 aliphatic rings. The van der Waals surface area contributed by atoms with Gasteiger partial charge in [0.15, 0.2) is 0 Å². The smallest absolute Gasteiger partial charge is 0.354 e. The third-order valence-corrected chi connectivity index (χ3v) is 2.71. The summed E-state index contributed by atoms with van der Waals surface area (Å²) in [5.74, 6) is -0.308. The van der Waals surface area contributed by atoms with Gasteiger partial charge in [0.1, 0.15) is 5.69 Å². The SMILES string of the molecule is CCOC(=O)c1cccn1Cc1ccccc1N. The van der Waals surface area contributed by atoms with Crippen molar-refractivity contribution in [1.82, 2.24) is 4.57 Å². The summed E-state index contributed by atoms with van der Waals surface area (Å²) in [4.78, 5) is 11.7. The van der Waals surface area contributed by atoms with Crippen molar-refractivity contribution < 1.29 is 9.53 Å². The van der Waals surface area contributed by atoms with Crippen molar-refractivity contribution in [2.75, 3.05) is 12.3 Å². The van der Waals surface area contributed by atoms with Gasteiger partial charge in [-0.25, -0.2) is 4.79 Å². The number of nitrogens with zero attached hydrogens (tertiary/aromatic N) is 1. The number of nitrogen functional groups attached to an aromatic ring is 1. The van der Waals surface area contributed by atoms with E-state index < -0.39 is 0 Å². The van der Waals surface area contributed by atoms with Crippen molar-refractivity contribution in [2.24, 2.45) is 0 Å². The molecule has 0 atom stereocenters. The van der Waals surface area contributed by atoms with Crippen molar-refractivity contribution in [3.05, 3.63) is 53.9 Å². The Kier molecular flexibility index (Phi) is 3.67. The van der Waals surface area contributed by atoms with Gasteiger partial charge < -0.3 is 15.0 Å². The molecule has 0 spiro atoms. The zero-order valence-corrected chi connectivity index (χ0v) is 10.3. The van der Waals surface area contributed by atoms with Gasteiger partial charge in [-0.2, -0.15) is 0 Å². The molecule has 4 nitrogen and oxygen atoms in total. The van der Waals surface area contributed by atoms with Crippen molar-refractivity contribution in [3.8, 4) is 0 Å². The highest BCUT2D eigenvalue weighted by atomic mass is 16.5. The van der Waals surface area contributed by atoms with Gasteiger partial charge in [0, 0.05) is 18.4 Å². The van der Waals surface area contributed by atoms with E-state index in [2.05, 4.69) is 0 Å². The maximum atomic E-state index is 11.7.